The van der Waals surface area contributed by atoms with Gasteiger partial charge in [0.05, 0.1) is 30.8 Å². The molecule has 8 heteroatoms. The van der Waals surface area contributed by atoms with Crippen LogP contribution in [-0.4, -0.2) is 61.6 Å². The number of hydrogen-bond acceptors (Lipinski definition) is 8. The average molecular weight is 485 g/mol. The SMILES string of the molecule is CC1=CC2O[C@H]3C[C@H]4OC(=O)/C=C\C=C/C(=O)OCC/C(C)=C\C(=O)OCC2(CC1)[C@@]4(C)[C@]31CO1. The van der Waals surface area contributed by atoms with Crippen molar-refractivity contribution in [3.63, 3.8) is 0 Å². The van der Waals surface area contributed by atoms with E-state index in [1.807, 2.05) is 0 Å². The molecule has 2 saturated heterocycles. The highest BCUT2D eigenvalue weighted by molar-refractivity contribution is 5.85. The van der Waals surface area contributed by atoms with Gasteiger partial charge < -0.3 is 23.7 Å². The highest BCUT2D eigenvalue weighted by Gasteiger charge is 2.83. The first-order valence-corrected chi connectivity index (χ1v) is 12.2. The summed E-state index contributed by atoms with van der Waals surface area (Å²) in [5.41, 5.74) is 0.194. The van der Waals surface area contributed by atoms with E-state index in [0.717, 1.165) is 18.4 Å². The number of carbonyl (C=O) groups is 3. The molecule has 3 aliphatic heterocycles. The van der Waals surface area contributed by atoms with Crippen LogP contribution < -0.4 is 0 Å². The van der Waals surface area contributed by atoms with Crippen LogP contribution >= 0.6 is 0 Å². The molecular formula is C27H32O8. The van der Waals surface area contributed by atoms with Crippen molar-refractivity contribution in [3.05, 3.63) is 47.6 Å². The van der Waals surface area contributed by atoms with Crippen LogP contribution in [0.2, 0.25) is 0 Å². The highest BCUT2D eigenvalue weighted by atomic mass is 16.6. The smallest absolute Gasteiger partial charge is 0.331 e. The summed E-state index contributed by atoms with van der Waals surface area (Å²) in [6, 6.07) is 0. The minimum absolute atomic E-state index is 0.125. The highest BCUT2D eigenvalue weighted by Crippen LogP contribution is 2.72. The van der Waals surface area contributed by atoms with Crippen LogP contribution in [0.15, 0.2) is 47.6 Å². The molecule has 3 heterocycles. The quantitative estimate of drug-likeness (QED) is 0.224. The number of cyclic esters (lactones) is 2. The first-order chi connectivity index (χ1) is 16.7. The molecule has 2 aliphatic carbocycles. The zero-order valence-corrected chi connectivity index (χ0v) is 20.4. The number of ether oxygens (including phenoxy) is 5. The van der Waals surface area contributed by atoms with Crippen LogP contribution in [0, 0.1) is 10.8 Å². The number of allylic oxidation sites excluding steroid dienone is 3. The molecule has 0 aromatic heterocycles. The van der Waals surface area contributed by atoms with E-state index in [0.29, 0.717) is 19.4 Å². The molecule has 3 fully saturated rings. The molecule has 2 bridgehead atoms. The number of epoxide rings is 1. The lowest BCUT2D eigenvalue weighted by Crippen LogP contribution is -2.66. The van der Waals surface area contributed by atoms with Crippen molar-refractivity contribution in [1.29, 1.82) is 0 Å². The number of rotatable bonds is 0. The van der Waals surface area contributed by atoms with Gasteiger partial charge in [0, 0.05) is 36.5 Å². The normalized spacial score (nSPS) is 44.9. The molecule has 6 atom stereocenters. The molecular weight excluding hydrogens is 452 g/mol. The molecule has 2 unspecified atom stereocenters. The van der Waals surface area contributed by atoms with Gasteiger partial charge in [-0.05, 0) is 26.7 Å². The first-order valence-electron chi connectivity index (χ1n) is 12.2. The molecule has 5 rings (SSSR count). The summed E-state index contributed by atoms with van der Waals surface area (Å²) < 4.78 is 29.7. The van der Waals surface area contributed by atoms with Gasteiger partial charge in [-0.1, -0.05) is 36.3 Å². The van der Waals surface area contributed by atoms with Crippen LogP contribution in [0.25, 0.3) is 0 Å². The van der Waals surface area contributed by atoms with Crippen molar-refractivity contribution in [2.24, 2.45) is 10.8 Å². The second-order valence-electron chi connectivity index (χ2n) is 10.5. The lowest BCUT2D eigenvalue weighted by atomic mass is 9.51. The molecule has 8 nitrogen and oxygen atoms in total. The minimum atomic E-state index is -0.613. The number of carbonyl (C=O) groups excluding carboxylic acids is 3. The van der Waals surface area contributed by atoms with Crippen LogP contribution in [0.4, 0.5) is 0 Å². The lowest BCUT2D eigenvalue weighted by molar-refractivity contribution is -0.232. The Morgan fingerprint density at radius 2 is 1.63 bits per heavy atom. The minimum Gasteiger partial charge on any atom is -0.462 e. The van der Waals surface area contributed by atoms with Gasteiger partial charge in [0.15, 0.2) is 0 Å². The second-order valence-corrected chi connectivity index (χ2v) is 10.5. The fraction of sp³-hybridized carbons (Fsp3) is 0.593. The van der Waals surface area contributed by atoms with Crippen molar-refractivity contribution in [2.45, 2.75) is 70.4 Å². The van der Waals surface area contributed by atoms with E-state index in [9.17, 15) is 14.4 Å². The van der Waals surface area contributed by atoms with E-state index < -0.39 is 40.4 Å². The predicted octanol–water partition coefficient (Wildman–Crippen LogP) is 3.12. The topological polar surface area (TPSA) is 101 Å². The molecule has 2 spiro atoms. The summed E-state index contributed by atoms with van der Waals surface area (Å²) in [6.45, 7) is 6.77. The molecule has 0 radical (unpaired) electrons. The Hall–Kier alpha value is -2.71. The Kier molecular flexibility index (Phi) is 6.00. The summed E-state index contributed by atoms with van der Waals surface area (Å²) in [5, 5.41) is 0. The molecule has 0 aromatic carbocycles. The van der Waals surface area contributed by atoms with Gasteiger partial charge in [0.2, 0.25) is 0 Å². The summed E-state index contributed by atoms with van der Waals surface area (Å²) in [5.74, 6) is -1.50. The van der Waals surface area contributed by atoms with Crippen molar-refractivity contribution >= 4 is 17.9 Å². The van der Waals surface area contributed by atoms with Gasteiger partial charge in [-0.25, -0.2) is 14.4 Å². The van der Waals surface area contributed by atoms with E-state index in [1.165, 1.54) is 36.0 Å². The van der Waals surface area contributed by atoms with Gasteiger partial charge in [-0.15, -0.1) is 0 Å². The van der Waals surface area contributed by atoms with Gasteiger partial charge in [-0.3, -0.25) is 0 Å². The fourth-order valence-corrected chi connectivity index (χ4v) is 6.46. The van der Waals surface area contributed by atoms with Crippen LogP contribution in [0.5, 0.6) is 0 Å². The molecule has 35 heavy (non-hydrogen) atoms. The third-order valence-electron chi connectivity index (χ3n) is 8.63. The third kappa shape index (κ3) is 3.87. The van der Waals surface area contributed by atoms with Crippen molar-refractivity contribution in [3.8, 4) is 0 Å². The number of esters is 3. The standard InChI is InChI=1S/C27H32O8/c1-17-8-10-26-15-32-24(30)13-18(2)9-11-31-22(28)6-4-5-7-23(29)35-19-14-21(34-20(26)12-17)27(16-33-27)25(19,26)3/h4-7,12-13,19-21H,8-11,14-16H2,1-3H3/b6-4-,7-5-,18-13-/t19-,20?,21+,25+,26?,27+/m1/s1. The molecule has 0 amide bonds. The van der Waals surface area contributed by atoms with Gasteiger partial charge >= 0.3 is 17.9 Å². The first kappa shape index (κ1) is 24.0. The maximum atomic E-state index is 12.8. The van der Waals surface area contributed by atoms with Crippen molar-refractivity contribution in [2.75, 3.05) is 19.8 Å². The fourth-order valence-electron chi connectivity index (χ4n) is 6.46. The Balaban J connectivity index is 1.53. The molecule has 0 aromatic rings. The number of hydrogen-bond donors (Lipinski definition) is 0. The third-order valence-corrected chi connectivity index (χ3v) is 8.63. The summed E-state index contributed by atoms with van der Waals surface area (Å²) in [7, 11) is 0. The zero-order valence-electron chi connectivity index (χ0n) is 20.4. The Bertz CT molecular complexity index is 1050. The zero-order chi connectivity index (χ0) is 24.8. The average Bonchev–Trinajstić information content (AvgIpc) is 3.58. The molecule has 188 valence electrons. The molecule has 1 saturated carbocycles. The monoisotopic (exact) mass is 484 g/mol. The summed E-state index contributed by atoms with van der Waals surface area (Å²) >= 11 is 0. The Morgan fingerprint density at radius 1 is 0.886 bits per heavy atom. The summed E-state index contributed by atoms with van der Waals surface area (Å²) in [6.07, 6.45) is 10.5. The van der Waals surface area contributed by atoms with E-state index in [2.05, 4.69) is 19.9 Å². The molecule has 0 N–H and O–H groups in total. The van der Waals surface area contributed by atoms with E-state index in [-0.39, 0.29) is 25.4 Å². The van der Waals surface area contributed by atoms with Gasteiger partial charge in [0.1, 0.15) is 18.3 Å². The lowest BCUT2D eigenvalue weighted by Gasteiger charge is -2.58. The van der Waals surface area contributed by atoms with Crippen molar-refractivity contribution < 1.29 is 38.1 Å². The van der Waals surface area contributed by atoms with E-state index in [1.54, 1.807) is 6.92 Å². The Morgan fingerprint density at radius 3 is 2.37 bits per heavy atom. The molecule has 5 aliphatic rings. The largest absolute Gasteiger partial charge is 0.462 e. The Labute approximate surface area is 204 Å². The van der Waals surface area contributed by atoms with Crippen LogP contribution in [-0.2, 0) is 38.1 Å². The maximum absolute atomic E-state index is 12.8. The van der Waals surface area contributed by atoms with E-state index in [4.69, 9.17) is 23.7 Å². The van der Waals surface area contributed by atoms with E-state index >= 15 is 0 Å². The van der Waals surface area contributed by atoms with Crippen LogP contribution in [0.1, 0.15) is 46.5 Å². The van der Waals surface area contributed by atoms with Crippen LogP contribution in [0.3, 0.4) is 0 Å². The predicted molar refractivity (Wildman–Crippen MR) is 124 cm³/mol. The maximum Gasteiger partial charge on any atom is 0.331 e. The van der Waals surface area contributed by atoms with Gasteiger partial charge in [0.25, 0.3) is 0 Å². The second kappa shape index (κ2) is 8.75. The van der Waals surface area contributed by atoms with Crippen molar-refractivity contribution in [1.82, 2.24) is 0 Å². The summed E-state index contributed by atoms with van der Waals surface area (Å²) in [4.78, 5) is 37.4. The van der Waals surface area contributed by atoms with Gasteiger partial charge in [-0.2, -0.15) is 0 Å².